The Morgan fingerprint density at radius 1 is 1.47 bits per heavy atom. The van der Waals surface area contributed by atoms with Crippen LogP contribution in [0.4, 0.5) is 11.6 Å². The number of halogens is 1. The van der Waals surface area contributed by atoms with E-state index in [4.69, 9.17) is 5.11 Å². The summed E-state index contributed by atoms with van der Waals surface area (Å²) < 4.78 is 0.869. The average Bonchev–Trinajstić information content (AvgIpc) is 2.34. The van der Waals surface area contributed by atoms with Gasteiger partial charge in [0.25, 0.3) is 0 Å². The van der Waals surface area contributed by atoms with Crippen LogP contribution in [0.15, 0.2) is 10.8 Å². The number of rotatable bonds is 7. The van der Waals surface area contributed by atoms with Crippen LogP contribution in [0, 0.1) is 0 Å². The number of aliphatic hydroxyl groups excluding tert-OH is 1. The molecule has 5 nitrogen and oxygen atoms in total. The SMILES string of the molecule is CCCNc1ncnc(N(C)CCCO)c1Br. The van der Waals surface area contributed by atoms with Crippen molar-refractivity contribution in [2.75, 3.05) is 37.0 Å². The first-order valence-electron chi connectivity index (χ1n) is 5.77. The molecule has 96 valence electrons. The van der Waals surface area contributed by atoms with Crippen LogP contribution in [0.25, 0.3) is 0 Å². The third-order valence-corrected chi connectivity index (χ3v) is 3.06. The molecular weight excluding hydrogens is 284 g/mol. The summed E-state index contributed by atoms with van der Waals surface area (Å²) in [6.45, 7) is 3.94. The highest BCUT2D eigenvalue weighted by atomic mass is 79.9. The molecule has 0 aliphatic heterocycles. The Morgan fingerprint density at radius 3 is 2.88 bits per heavy atom. The van der Waals surface area contributed by atoms with Crippen molar-refractivity contribution in [3.63, 3.8) is 0 Å². The molecule has 2 N–H and O–H groups in total. The summed E-state index contributed by atoms with van der Waals surface area (Å²) in [6.07, 6.45) is 3.32. The van der Waals surface area contributed by atoms with Crippen molar-refractivity contribution in [2.45, 2.75) is 19.8 Å². The third kappa shape index (κ3) is 4.12. The van der Waals surface area contributed by atoms with E-state index in [1.165, 1.54) is 0 Å². The second-order valence-corrected chi connectivity index (χ2v) is 4.58. The summed E-state index contributed by atoms with van der Waals surface area (Å²) >= 11 is 3.51. The van der Waals surface area contributed by atoms with Crippen molar-refractivity contribution in [3.8, 4) is 0 Å². The van der Waals surface area contributed by atoms with Gasteiger partial charge in [-0.1, -0.05) is 6.92 Å². The molecule has 1 aromatic rings. The van der Waals surface area contributed by atoms with Gasteiger partial charge in [0, 0.05) is 26.7 Å². The fraction of sp³-hybridized carbons (Fsp3) is 0.636. The largest absolute Gasteiger partial charge is 0.396 e. The lowest BCUT2D eigenvalue weighted by molar-refractivity contribution is 0.290. The van der Waals surface area contributed by atoms with Crippen molar-refractivity contribution >= 4 is 27.6 Å². The predicted molar refractivity (Wildman–Crippen MR) is 73.5 cm³/mol. The number of nitrogens with zero attached hydrogens (tertiary/aromatic N) is 3. The molecule has 0 aromatic carbocycles. The van der Waals surface area contributed by atoms with E-state index in [-0.39, 0.29) is 6.61 Å². The van der Waals surface area contributed by atoms with E-state index < -0.39 is 0 Å². The molecule has 0 aliphatic carbocycles. The van der Waals surface area contributed by atoms with Crippen LogP contribution in [-0.4, -0.2) is 41.8 Å². The van der Waals surface area contributed by atoms with Crippen molar-refractivity contribution < 1.29 is 5.11 Å². The van der Waals surface area contributed by atoms with Gasteiger partial charge in [-0.25, -0.2) is 9.97 Å². The van der Waals surface area contributed by atoms with Crippen LogP contribution in [0.5, 0.6) is 0 Å². The van der Waals surface area contributed by atoms with E-state index in [0.717, 1.165) is 42.0 Å². The van der Waals surface area contributed by atoms with E-state index in [1.807, 2.05) is 11.9 Å². The average molecular weight is 303 g/mol. The first kappa shape index (κ1) is 14.2. The molecule has 17 heavy (non-hydrogen) atoms. The maximum absolute atomic E-state index is 8.82. The van der Waals surface area contributed by atoms with E-state index in [0.29, 0.717) is 0 Å². The molecule has 0 saturated heterocycles. The van der Waals surface area contributed by atoms with E-state index >= 15 is 0 Å². The van der Waals surface area contributed by atoms with Gasteiger partial charge in [-0.05, 0) is 28.8 Å². The molecule has 0 saturated carbocycles. The number of nitrogens with one attached hydrogen (secondary N) is 1. The molecular formula is C11H19BrN4O. The summed E-state index contributed by atoms with van der Waals surface area (Å²) in [6, 6.07) is 0. The Morgan fingerprint density at radius 2 is 2.24 bits per heavy atom. The van der Waals surface area contributed by atoms with Crippen LogP contribution in [-0.2, 0) is 0 Å². The van der Waals surface area contributed by atoms with Crippen LogP contribution < -0.4 is 10.2 Å². The topological polar surface area (TPSA) is 61.3 Å². The molecule has 1 aromatic heterocycles. The fourth-order valence-electron chi connectivity index (χ4n) is 1.41. The number of hydrogen-bond donors (Lipinski definition) is 2. The Kier molecular flexibility index (Phi) is 6.21. The molecule has 1 heterocycles. The summed E-state index contributed by atoms with van der Waals surface area (Å²) in [5.41, 5.74) is 0. The van der Waals surface area contributed by atoms with E-state index in [9.17, 15) is 0 Å². The highest BCUT2D eigenvalue weighted by Gasteiger charge is 2.11. The van der Waals surface area contributed by atoms with Gasteiger partial charge in [-0.2, -0.15) is 0 Å². The number of anilines is 2. The quantitative estimate of drug-likeness (QED) is 0.805. The second-order valence-electron chi connectivity index (χ2n) is 3.79. The lowest BCUT2D eigenvalue weighted by atomic mass is 10.4. The predicted octanol–water partition coefficient (Wildman–Crippen LogP) is 1.88. The van der Waals surface area contributed by atoms with Gasteiger partial charge >= 0.3 is 0 Å². The van der Waals surface area contributed by atoms with Crippen molar-refractivity contribution in [2.24, 2.45) is 0 Å². The molecule has 0 spiro atoms. The minimum absolute atomic E-state index is 0.188. The first-order chi connectivity index (χ1) is 8.20. The zero-order valence-corrected chi connectivity index (χ0v) is 11.9. The summed E-state index contributed by atoms with van der Waals surface area (Å²) in [7, 11) is 1.95. The van der Waals surface area contributed by atoms with Gasteiger partial charge < -0.3 is 15.3 Å². The molecule has 1 rings (SSSR count). The zero-order chi connectivity index (χ0) is 12.7. The second kappa shape index (κ2) is 7.45. The number of aromatic nitrogens is 2. The molecule has 0 bridgehead atoms. The first-order valence-corrected chi connectivity index (χ1v) is 6.56. The highest BCUT2D eigenvalue weighted by Crippen LogP contribution is 2.28. The maximum atomic E-state index is 8.82. The van der Waals surface area contributed by atoms with Gasteiger partial charge in [0.15, 0.2) is 0 Å². The lowest BCUT2D eigenvalue weighted by Gasteiger charge is -2.20. The molecule has 0 amide bonds. The summed E-state index contributed by atoms with van der Waals surface area (Å²) in [5.74, 6) is 1.65. The highest BCUT2D eigenvalue weighted by molar-refractivity contribution is 9.10. The normalized spacial score (nSPS) is 10.4. The molecule has 6 heteroatoms. The van der Waals surface area contributed by atoms with Gasteiger partial charge in [0.05, 0.1) is 0 Å². The summed E-state index contributed by atoms with van der Waals surface area (Å²) in [5, 5.41) is 12.1. The molecule has 0 fully saturated rings. The van der Waals surface area contributed by atoms with Gasteiger partial charge in [-0.3, -0.25) is 0 Å². The van der Waals surface area contributed by atoms with Crippen LogP contribution in [0.2, 0.25) is 0 Å². The van der Waals surface area contributed by atoms with Crippen molar-refractivity contribution in [3.05, 3.63) is 10.8 Å². The Balaban J connectivity index is 2.78. The van der Waals surface area contributed by atoms with E-state index in [2.05, 4.69) is 38.1 Å². The van der Waals surface area contributed by atoms with E-state index in [1.54, 1.807) is 6.33 Å². The zero-order valence-electron chi connectivity index (χ0n) is 10.3. The van der Waals surface area contributed by atoms with Crippen LogP contribution in [0.3, 0.4) is 0 Å². The maximum Gasteiger partial charge on any atom is 0.148 e. The third-order valence-electron chi connectivity index (χ3n) is 2.33. The molecule has 0 radical (unpaired) electrons. The van der Waals surface area contributed by atoms with Crippen LogP contribution in [0.1, 0.15) is 19.8 Å². The van der Waals surface area contributed by atoms with Gasteiger partial charge in [0.2, 0.25) is 0 Å². The fourth-order valence-corrected chi connectivity index (χ4v) is 2.05. The minimum atomic E-state index is 0.188. The standard InChI is InChI=1S/C11H19BrN4O/c1-3-5-13-10-9(12)11(15-8-14-10)16(2)6-4-7-17/h8,17H,3-7H2,1-2H3,(H,13,14,15). The Bertz CT molecular complexity index is 348. The Hall–Kier alpha value is -0.880. The smallest absolute Gasteiger partial charge is 0.148 e. The lowest BCUT2D eigenvalue weighted by Crippen LogP contribution is -2.21. The molecule has 0 unspecified atom stereocenters. The molecule has 0 aliphatic rings. The monoisotopic (exact) mass is 302 g/mol. The van der Waals surface area contributed by atoms with Crippen molar-refractivity contribution in [1.82, 2.24) is 9.97 Å². The molecule has 0 atom stereocenters. The minimum Gasteiger partial charge on any atom is -0.396 e. The Labute approximate surface area is 110 Å². The van der Waals surface area contributed by atoms with Crippen molar-refractivity contribution in [1.29, 1.82) is 0 Å². The van der Waals surface area contributed by atoms with Crippen LogP contribution >= 0.6 is 15.9 Å². The summed E-state index contributed by atoms with van der Waals surface area (Å²) in [4.78, 5) is 10.4. The van der Waals surface area contributed by atoms with Gasteiger partial charge in [0.1, 0.15) is 22.4 Å². The number of aliphatic hydroxyl groups is 1. The van der Waals surface area contributed by atoms with Gasteiger partial charge in [-0.15, -0.1) is 0 Å². The number of hydrogen-bond acceptors (Lipinski definition) is 5.